The Morgan fingerprint density at radius 2 is 1.80 bits per heavy atom. The van der Waals surface area contributed by atoms with Crippen LogP contribution in [-0.4, -0.2) is 20.5 Å². The van der Waals surface area contributed by atoms with E-state index >= 15 is 0 Å². The molecule has 0 bridgehead atoms. The molecule has 4 nitrogen and oxygen atoms in total. The Labute approximate surface area is 127 Å². The zero-order chi connectivity index (χ0) is 13.9. The van der Waals surface area contributed by atoms with Crippen molar-refractivity contribution in [2.75, 3.05) is 0 Å². The van der Waals surface area contributed by atoms with E-state index in [-0.39, 0.29) is 17.9 Å². The molecule has 0 saturated heterocycles. The van der Waals surface area contributed by atoms with Crippen molar-refractivity contribution in [3.8, 4) is 11.3 Å². The fraction of sp³-hybridized carbons (Fsp3) is 0.467. The SMILES string of the molecule is CCC(C)(C)NCc1nn(C)nc1-c1ccccc1.Cl. The topological polar surface area (TPSA) is 42.7 Å². The highest BCUT2D eigenvalue weighted by atomic mass is 35.5. The molecule has 0 radical (unpaired) electrons. The van der Waals surface area contributed by atoms with Crippen molar-refractivity contribution >= 4 is 12.4 Å². The summed E-state index contributed by atoms with van der Waals surface area (Å²) in [6.07, 6.45) is 1.08. The average molecular weight is 295 g/mol. The second-order valence-corrected chi connectivity index (χ2v) is 5.44. The number of aromatic nitrogens is 3. The molecule has 0 spiro atoms. The van der Waals surface area contributed by atoms with Gasteiger partial charge in [0.15, 0.2) is 0 Å². The maximum Gasteiger partial charge on any atom is 0.117 e. The molecule has 0 amide bonds. The molecule has 1 aromatic heterocycles. The van der Waals surface area contributed by atoms with E-state index in [1.54, 1.807) is 4.80 Å². The quantitative estimate of drug-likeness (QED) is 0.921. The monoisotopic (exact) mass is 294 g/mol. The highest BCUT2D eigenvalue weighted by molar-refractivity contribution is 5.85. The van der Waals surface area contributed by atoms with Crippen molar-refractivity contribution < 1.29 is 0 Å². The summed E-state index contributed by atoms with van der Waals surface area (Å²) in [5.74, 6) is 0. The van der Waals surface area contributed by atoms with Gasteiger partial charge in [-0.25, -0.2) is 0 Å². The zero-order valence-corrected chi connectivity index (χ0v) is 13.4. The van der Waals surface area contributed by atoms with E-state index in [0.717, 1.165) is 29.9 Å². The van der Waals surface area contributed by atoms with E-state index in [1.165, 1.54) is 0 Å². The van der Waals surface area contributed by atoms with Crippen LogP contribution < -0.4 is 5.32 Å². The van der Waals surface area contributed by atoms with Gasteiger partial charge >= 0.3 is 0 Å². The molecule has 0 aliphatic heterocycles. The minimum Gasteiger partial charge on any atom is -0.306 e. The van der Waals surface area contributed by atoms with Gasteiger partial charge in [0.1, 0.15) is 11.4 Å². The number of halogens is 1. The predicted octanol–water partition coefficient (Wildman–Crippen LogP) is 3.18. The van der Waals surface area contributed by atoms with Gasteiger partial charge in [-0.1, -0.05) is 37.3 Å². The van der Waals surface area contributed by atoms with Gasteiger partial charge in [0.05, 0.1) is 0 Å². The van der Waals surface area contributed by atoms with E-state index in [2.05, 4.69) is 48.4 Å². The first-order valence-electron chi connectivity index (χ1n) is 6.72. The zero-order valence-electron chi connectivity index (χ0n) is 12.6. The summed E-state index contributed by atoms with van der Waals surface area (Å²) in [5, 5.41) is 12.5. The second-order valence-electron chi connectivity index (χ2n) is 5.44. The van der Waals surface area contributed by atoms with Crippen LogP contribution in [0.5, 0.6) is 0 Å². The van der Waals surface area contributed by atoms with Gasteiger partial charge in [0.25, 0.3) is 0 Å². The van der Waals surface area contributed by atoms with Crippen LogP contribution in [0.4, 0.5) is 0 Å². The number of hydrogen-bond acceptors (Lipinski definition) is 3. The smallest absolute Gasteiger partial charge is 0.117 e. The van der Waals surface area contributed by atoms with Crippen molar-refractivity contribution in [2.24, 2.45) is 7.05 Å². The van der Waals surface area contributed by atoms with Crippen molar-refractivity contribution in [1.82, 2.24) is 20.3 Å². The predicted molar refractivity (Wildman–Crippen MR) is 84.9 cm³/mol. The second kappa shape index (κ2) is 6.86. The summed E-state index contributed by atoms with van der Waals surface area (Å²) in [6.45, 7) is 7.32. The fourth-order valence-electron chi connectivity index (χ4n) is 1.83. The molecule has 2 rings (SSSR count). The van der Waals surface area contributed by atoms with Crippen LogP contribution in [0, 0.1) is 0 Å². The number of nitrogens with one attached hydrogen (secondary N) is 1. The van der Waals surface area contributed by atoms with E-state index in [1.807, 2.05) is 25.2 Å². The van der Waals surface area contributed by atoms with E-state index in [0.29, 0.717) is 0 Å². The summed E-state index contributed by atoms with van der Waals surface area (Å²) < 4.78 is 0. The maximum atomic E-state index is 4.47. The first-order chi connectivity index (χ1) is 9.02. The molecule has 1 N–H and O–H groups in total. The third kappa shape index (κ3) is 4.05. The summed E-state index contributed by atoms with van der Waals surface area (Å²) in [6, 6.07) is 10.2. The number of aryl methyl sites for hydroxylation is 1. The first-order valence-corrected chi connectivity index (χ1v) is 6.72. The highest BCUT2D eigenvalue weighted by Gasteiger charge is 2.17. The van der Waals surface area contributed by atoms with Crippen molar-refractivity contribution in [1.29, 1.82) is 0 Å². The summed E-state index contributed by atoms with van der Waals surface area (Å²) in [4.78, 5) is 1.64. The Balaban J connectivity index is 0.00000200. The lowest BCUT2D eigenvalue weighted by atomic mass is 10.0. The van der Waals surface area contributed by atoms with Crippen molar-refractivity contribution in [3.63, 3.8) is 0 Å². The molecule has 20 heavy (non-hydrogen) atoms. The molecule has 1 aromatic carbocycles. The average Bonchev–Trinajstić information content (AvgIpc) is 2.79. The molecule has 0 saturated carbocycles. The fourth-order valence-corrected chi connectivity index (χ4v) is 1.83. The number of nitrogens with zero attached hydrogens (tertiary/aromatic N) is 3. The number of benzene rings is 1. The molecule has 5 heteroatoms. The minimum atomic E-state index is 0. The van der Waals surface area contributed by atoms with Crippen LogP contribution >= 0.6 is 12.4 Å². The molecule has 0 aliphatic carbocycles. The van der Waals surface area contributed by atoms with Crippen LogP contribution in [0.2, 0.25) is 0 Å². The normalized spacial score (nSPS) is 11.2. The van der Waals surface area contributed by atoms with Gasteiger partial charge in [-0.05, 0) is 20.3 Å². The lowest BCUT2D eigenvalue weighted by Crippen LogP contribution is -2.38. The maximum absolute atomic E-state index is 4.47. The van der Waals surface area contributed by atoms with Gasteiger partial charge in [-0.2, -0.15) is 15.0 Å². The standard InChI is InChI=1S/C15H22N4.ClH/c1-5-15(2,3)16-11-13-14(18-19(4)17-13)12-9-7-6-8-10-12;/h6-10,16H,5,11H2,1-4H3;1H. The van der Waals surface area contributed by atoms with Gasteiger partial charge in [-0.3, -0.25) is 0 Å². The van der Waals surface area contributed by atoms with Crippen LogP contribution in [-0.2, 0) is 13.6 Å². The largest absolute Gasteiger partial charge is 0.306 e. The van der Waals surface area contributed by atoms with Crippen LogP contribution in [0.15, 0.2) is 30.3 Å². The van der Waals surface area contributed by atoms with Gasteiger partial charge in [0, 0.05) is 24.7 Å². The van der Waals surface area contributed by atoms with Gasteiger partial charge in [0.2, 0.25) is 0 Å². The van der Waals surface area contributed by atoms with E-state index < -0.39 is 0 Å². The van der Waals surface area contributed by atoms with Crippen LogP contribution in [0.3, 0.4) is 0 Å². The first kappa shape index (κ1) is 16.7. The van der Waals surface area contributed by atoms with Crippen molar-refractivity contribution in [3.05, 3.63) is 36.0 Å². The Morgan fingerprint density at radius 1 is 1.15 bits per heavy atom. The molecule has 0 aliphatic rings. The number of rotatable bonds is 5. The summed E-state index contributed by atoms with van der Waals surface area (Å²) in [5.41, 5.74) is 3.19. The molecular weight excluding hydrogens is 272 g/mol. The lowest BCUT2D eigenvalue weighted by molar-refractivity contribution is 0.371. The Hall–Kier alpha value is -1.39. The molecule has 1 heterocycles. The van der Waals surface area contributed by atoms with Gasteiger partial charge < -0.3 is 5.32 Å². The summed E-state index contributed by atoms with van der Waals surface area (Å²) in [7, 11) is 1.86. The van der Waals surface area contributed by atoms with E-state index in [4.69, 9.17) is 0 Å². The third-order valence-electron chi connectivity index (χ3n) is 3.45. The molecule has 2 aromatic rings. The van der Waals surface area contributed by atoms with Gasteiger partial charge in [-0.15, -0.1) is 12.4 Å². The molecular formula is C15H23ClN4. The minimum absolute atomic E-state index is 0. The van der Waals surface area contributed by atoms with Crippen LogP contribution in [0.25, 0.3) is 11.3 Å². The molecule has 0 fully saturated rings. The summed E-state index contributed by atoms with van der Waals surface area (Å²) >= 11 is 0. The Kier molecular flexibility index (Phi) is 5.72. The highest BCUT2D eigenvalue weighted by Crippen LogP contribution is 2.20. The molecule has 0 unspecified atom stereocenters. The van der Waals surface area contributed by atoms with Crippen LogP contribution in [0.1, 0.15) is 32.9 Å². The Bertz CT molecular complexity index is 534. The molecule has 110 valence electrons. The lowest BCUT2D eigenvalue weighted by Gasteiger charge is -2.24. The van der Waals surface area contributed by atoms with E-state index in [9.17, 15) is 0 Å². The van der Waals surface area contributed by atoms with Crippen molar-refractivity contribution in [2.45, 2.75) is 39.3 Å². The third-order valence-corrected chi connectivity index (χ3v) is 3.45. The molecule has 0 atom stereocenters. The Morgan fingerprint density at radius 3 is 2.40 bits per heavy atom. The number of hydrogen-bond donors (Lipinski definition) is 1.